The highest BCUT2D eigenvalue weighted by molar-refractivity contribution is 5.92. The van der Waals surface area contributed by atoms with E-state index in [2.05, 4.69) is 15.5 Å². The van der Waals surface area contributed by atoms with Crippen LogP contribution in [0.25, 0.3) is 11.3 Å². The first-order valence-electron chi connectivity index (χ1n) is 10.0. The number of carbonyl (C=O) groups is 1. The van der Waals surface area contributed by atoms with E-state index in [1.165, 1.54) is 0 Å². The van der Waals surface area contributed by atoms with Crippen molar-refractivity contribution in [1.82, 2.24) is 15.5 Å². The van der Waals surface area contributed by atoms with E-state index in [4.69, 9.17) is 9.26 Å². The first-order valence-corrected chi connectivity index (χ1v) is 10.0. The van der Waals surface area contributed by atoms with Crippen molar-refractivity contribution >= 4 is 5.91 Å². The molecule has 0 aliphatic heterocycles. The third-order valence-corrected chi connectivity index (χ3v) is 4.94. The van der Waals surface area contributed by atoms with Gasteiger partial charge in [0.1, 0.15) is 18.1 Å². The molecule has 1 atom stereocenters. The van der Waals surface area contributed by atoms with E-state index in [-0.39, 0.29) is 17.7 Å². The van der Waals surface area contributed by atoms with Gasteiger partial charge in [-0.2, -0.15) is 0 Å². The number of aromatic nitrogens is 2. The molecule has 156 valence electrons. The molecule has 6 heteroatoms. The van der Waals surface area contributed by atoms with E-state index in [9.17, 15) is 4.79 Å². The van der Waals surface area contributed by atoms with Crippen molar-refractivity contribution in [3.8, 4) is 17.0 Å². The van der Waals surface area contributed by atoms with Crippen LogP contribution in [0.15, 0.2) is 83.6 Å². The van der Waals surface area contributed by atoms with E-state index in [1.807, 2.05) is 74.5 Å². The first-order chi connectivity index (χ1) is 15.1. The molecule has 1 N–H and O–H groups in total. The van der Waals surface area contributed by atoms with Crippen LogP contribution < -0.4 is 10.1 Å². The minimum absolute atomic E-state index is 0.179. The summed E-state index contributed by atoms with van der Waals surface area (Å²) in [6.45, 7) is 4.39. The molecule has 0 bridgehead atoms. The van der Waals surface area contributed by atoms with Gasteiger partial charge in [-0.05, 0) is 37.6 Å². The molecular weight excluding hydrogens is 390 g/mol. The smallest absolute Gasteiger partial charge is 0.290 e. The van der Waals surface area contributed by atoms with E-state index in [0.29, 0.717) is 12.3 Å². The molecule has 1 unspecified atom stereocenters. The van der Waals surface area contributed by atoms with Gasteiger partial charge in [-0.15, -0.1) is 0 Å². The number of carbonyl (C=O) groups excluding carboxylic acids is 1. The Morgan fingerprint density at radius 2 is 1.87 bits per heavy atom. The van der Waals surface area contributed by atoms with Gasteiger partial charge in [-0.1, -0.05) is 53.2 Å². The molecule has 2 heterocycles. The molecule has 1 amide bonds. The molecule has 4 rings (SSSR count). The van der Waals surface area contributed by atoms with Gasteiger partial charge in [0.05, 0.1) is 6.04 Å². The lowest BCUT2D eigenvalue weighted by Gasteiger charge is -2.14. The average Bonchev–Trinajstić information content (AvgIpc) is 3.30. The van der Waals surface area contributed by atoms with Crippen molar-refractivity contribution in [2.45, 2.75) is 26.5 Å². The first kappa shape index (κ1) is 20.3. The monoisotopic (exact) mass is 413 g/mol. The summed E-state index contributed by atoms with van der Waals surface area (Å²) in [6.07, 6.45) is 3.51. The Labute approximate surface area is 180 Å². The summed E-state index contributed by atoms with van der Waals surface area (Å²) in [5, 5.41) is 6.96. The van der Waals surface area contributed by atoms with Gasteiger partial charge in [-0.3, -0.25) is 9.78 Å². The number of nitrogens with zero attached hydrogens (tertiary/aromatic N) is 2. The lowest BCUT2D eigenvalue weighted by atomic mass is 10.1. The summed E-state index contributed by atoms with van der Waals surface area (Å²) in [5.41, 5.74) is 4.66. The highest BCUT2D eigenvalue weighted by atomic mass is 16.5. The number of hydrogen-bond donors (Lipinski definition) is 1. The summed E-state index contributed by atoms with van der Waals surface area (Å²) in [7, 11) is 0. The van der Waals surface area contributed by atoms with Crippen molar-refractivity contribution in [3.63, 3.8) is 0 Å². The van der Waals surface area contributed by atoms with Gasteiger partial charge < -0.3 is 14.6 Å². The van der Waals surface area contributed by atoms with Crippen molar-refractivity contribution in [2.75, 3.05) is 0 Å². The van der Waals surface area contributed by atoms with Crippen LogP contribution in [0.1, 0.15) is 40.2 Å². The van der Waals surface area contributed by atoms with Gasteiger partial charge in [0.15, 0.2) is 0 Å². The number of hydrogen-bond acceptors (Lipinski definition) is 5. The third kappa shape index (κ3) is 5.17. The third-order valence-electron chi connectivity index (χ3n) is 4.94. The fourth-order valence-corrected chi connectivity index (χ4v) is 3.10. The maximum atomic E-state index is 12.6. The van der Waals surface area contributed by atoms with Crippen LogP contribution in [0.5, 0.6) is 5.75 Å². The molecule has 0 radical (unpaired) electrons. The van der Waals surface area contributed by atoms with Gasteiger partial charge in [-0.25, -0.2) is 0 Å². The molecular formula is C25H23N3O3. The molecule has 2 aromatic carbocycles. The standard InChI is InChI=1S/C25H23N3O3/c1-17-5-7-21(8-6-17)23-14-24(31-28-23)25(29)27-18(2)20-9-11-22(12-10-20)30-16-19-4-3-13-26-15-19/h3-15,18H,16H2,1-2H3,(H,27,29). The number of amides is 1. The molecule has 0 saturated heterocycles. The van der Waals surface area contributed by atoms with Crippen molar-refractivity contribution in [2.24, 2.45) is 0 Å². The number of benzene rings is 2. The summed E-state index contributed by atoms with van der Waals surface area (Å²) in [5.74, 6) is 0.623. The van der Waals surface area contributed by atoms with E-state index >= 15 is 0 Å². The Kier molecular flexibility index (Phi) is 6.08. The second-order valence-electron chi connectivity index (χ2n) is 7.36. The van der Waals surface area contributed by atoms with Gasteiger partial charge in [0.25, 0.3) is 5.91 Å². The van der Waals surface area contributed by atoms with Gasteiger partial charge in [0, 0.05) is 29.6 Å². The maximum Gasteiger partial charge on any atom is 0.290 e. The quantitative estimate of drug-likeness (QED) is 0.455. The fraction of sp³-hybridized carbons (Fsp3) is 0.160. The highest BCUT2D eigenvalue weighted by Crippen LogP contribution is 2.22. The highest BCUT2D eigenvalue weighted by Gasteiger charge is 2.17. The molecule has 0 aliphatic rings. The number of nitrogens with one attached hydrogen (secondary N) is 1. The van der Waals surface area contributed by atoms with Crippen molar-refractivity contribution in [3.05, 3.63) is 102 Å². The Morgan fingerprint density at radius 3 is 2.58 bits per heavy atom. The zero-order chi connectivity index (χ0) is 21.6. The zero-order valence-electron chi connectivity index (χ0n) is 17.4. The Balaban J connectivity index is 1.35. The average molecular weight is 413 g/mol. The Morgan fingerprint density at radius 1 is 1.10 bits per heavy atom. The van der Waals surface area contributed by atoms with E-state index in [1.54, 1.807) is 18.5 Å². The van der Waals surface area contributed by atoms with Crippen LogP contribution in [0.2, 0.25) is 0 Å². The molecule has 31 heavy (non-hydrogen) atoms. The summed E-state index contributed by atoms with van der Waals surface area (Å²) >= 11 is 0. The van der Waals surface area contributed by atoms with Crippen molar-refractivity contribution < 1.29 is 14.1 Å². The Hall–Kier alpha value is -3.93. The Bertz CT molecular complexity index is 1140. The summed E-state index contributed by atoms with van der Waals surface area (Å²) in [4.78, 5) is 16.7. The SMILES string of the molecule is Cc1ccc(-c2cc(C(=O)NC(C)c3ccc(OCc4cccnc4)cc3)on2)cc1. The predicted molar refractivity (Wildman–Crippen MR) is 118 cm³/mol. The molecule has 6 nitrogen and oxygen atoms in total. The number of pyridine rings is 1. The second-order valence-corrected chi connectivity index (χ2v) is 7.36. The van der Waals surface area contributed by atoms with E-state index in [0.717, 1.165) is 28.0 Å². The van der Waals surface area contributed by atoms with Crippen LogP contribution in [-0.2, 0) is 6.61 Å². The second kappa shape index (κ2) is 9.26. The number of ether oxygens (including phenoxy) is 1. The minimum Gasteiger partial charge on any atom is -0.489 e. The minimum atomic E-state index is -0.310. The van der Waals surface area contributed by atoms with Crippen LogP contribution in [-0.4, -0.2) is 16.0 Å². The van der Waals surface area contributed by atoms with Crippen LogP contribution in [0.3, 0.4) is 0 Å². The topological polar surface area (TPSA) is 77.2 Å². The fourth-order valence-electron chi connectivity index (χ4n) is 3.10. The molecule has 4 aromatic rings. The van der Waals surface area contributed by atoms with Crippen LogP contribution in [0, 0.1) is 6.92 Å². The van der Waals surface area contributed by atoms with Crippen molar-refractivity contribution in [1.29, 1.82) is 0 Å². The normalized spacial score (nSPS) is 11.7. The molecule has 2 aromatic heterocycles. The van der Waals surface area contributed by atoms with Gasteiger partial charge >= 0.3 is 0 Å². The molecule has 0 aliphatic carbocycles. The van der Waals surface area contributed by atoms with Gasteiger partial charge in [0.2, 0.25) is 5.76 Å². The predicted octanol–water partition coefficient (Wildman–Crippen LogP) is 5.12. The zero-order valence-corrected chi connectivity index (χ0v) is 17.4. The number of aryl methyl sites for hydroxylation is 1. The molecule has 0 spiro atoms. The summed E-state index contributed by atoms with van der Waals surface area (Å²) < 4.78 is 11.0. The van der Waals surface area contributed by atoms with E-state index < -0.39 is 0 Å². The maximum absolute atomic E-state index is 12.6. The van der Waals surface area contributed by atoms with Crippen LogP contribution >= 0.6 is 0 Å². The summed E-state index contributed by atoms with van der Waals surface area (Å²) in [6, 6.07) is 20.8. The van der Waals surface area contributed by atoms with Crippen LogP contribution in [0.4, 0.5) is 0 Å². The lowest BCUT2D eigenvalue weighted by molar-refractivity contribution is 0.0902. The lowest BCUT2D eigenvalue weighted by Crippen LogP contribution is -2.26. The molecule has 0 fully saturated rings. The largest absolute Gasteiger partial charge is 0.489 e. The number of rotatable bonds is 7. The molecule has 0 saturated carbocycles.